The molecule has 0 amide bonds. The Balaban J connectivity index is 2.16. The van der Waals surface area contributed by atoms with E-state index < -0.39 is 5.97 Å². The second-order valence-electron chi connectivity index (χ2n) is 6.19. The van der Waals surface area contributed by atoms with Crippen LogP contribution in [0.3, 0.4) is 0 Å². The molecule has 0 radical (unpaired) electrons. The van der Waals surface area contributed by atoms with Crippen LogP contribution < -0.4 is 0 Å². The summed E-state index contributed by atoms with van der Waals surface area (Å²) in [7, 11) is 0. The van der Waals surface area contributed by atoms with E-state index in [0.29, 0.717) is 23.0 Å². The van der Waals surface area contributed by atoms with E-state index >= 15 is 0 Å². The van der Waals surface area contributed by atoms with E-state index in [4.69, 9.17) is 0 Å². The fourth-order valence-corrected chi connectivity index (χ4v) is 3.68. The number of carboxylic acids is 1. The Labute approximate surface area is 124 Å². The minimum atomic E-state index is -0.904. The quantitative estimate of drug-likeness (QED) is 0.842. The van der Waals surface area contributed by atoms with Crippen LogP contribution in [0.5, 0.6) is 0 Å². The van der Waals surface area contributed by atoms with Crippen molar-refractivity contribution in [2.45, 2.75) is 52.0 Å². The maximum atomic E-state index is 11.4. The standard InChI is InChI=1S/C17H22N2O2/c1-11-7-4-3-5-9-14(11)19-12(2)18-16-13(17(20)21)8-6-10-15(16)19/h6,8,10-11,14H,3-5,7,9H2,1-2H3,(H,20,21). The van der Waals surface area contributed by atoms with Crippen molar-refractivity contribution in [1.82, 2.24) is 9.55 Å². The van der Waals surface area contributed by atoms with Crippen molar-refractivity contribution in [1.29, 1.82) is 0 Å². The number of hydrogen-bond donors (Lipinski definition) is 1. The summed E-state index contributed by atoms with van der Waals surface area (Å²) in [6, 6.07) is 5.89. The summed E-state index contributed by atoms with van der Waals surface area (Å²) >= 11 is 0. The number of carbonyl (C=O) groups is 1. The maximum absolute atomic E-state index is 11.4. The second kappa shape index (κ2) is 5.51. The molecule has 1 N–H and O–H groups in total. The summed E-state index contributed by atoms with van der Waals surface area (Å²) in [5, 5.41) is 9.34. The number of rotatable bonds is 2. The van der Waals surface area contributed by atoms with Gasteiger partial charge in [-0.25, -0.2) is 9.78 Å². The molecule has 0 bridgehead atoms. The third-order valence-corrected chi connectivity index (χ3v) is 4.77. The Morgan fingerprint density at radius 1 is 1.29 bits per heavy atom. The lowest BCUT2D eigenvalue weighted by atomic mass is 9.96. The molecule has 112 valence electrons. The molecule has 0 saturated heterocycles. The van der Waals surface area contributed by atoms with Gasteiger partial charge >= 0.3 is 5.97 Å². The first-order valence-electron chi connectivity index (χ1n) is 7.80. The third kappa shape index (κ3) is 2.43. The monoisotopic (exact) mass is 286 g/mol. The molecule has 1 heterocycles. The molecular formula is C17H22N2O2. The van der Waals surface area contributed by atoms with Crippen LogP contribution in [0.25, 0.3) is 11.0 Å². The van der Waals surface area contributed by atoms with E-state index in [-0.39, 0.29) is 0 Å². The Kier molecular flexibility index (Phi) is 3.70. The molecule has 2 unspecified atom stereocenters. The molecule has 0 spiro atoms. The molecule has 4 nitrogen and oxygen atoms in total. The lowest BCUT2D eigenvalue weighted by Crippen LogP contribution is -2.17. The van der Waals surface area contributed by atoms with E-state index in [1.54, 1.807) is 6.07 Å². The van der Waals surface area contributed by atoms with Gasteiger partial charge in [-0.1, -0.05) is 32.3 Å². The smallest absolute Gasteiger partial charge is 0.337 e. The van der Waals surface area contributed by atoms with Crippen molar-refractivity contribution in [3.05, 3.63) is 29.6 Å². The van der Waals surface area contributed by atoms with Crippen molar-refractivity contribution >= 4 is 17.0 Å². The summed E-state index contributed by atoms with van der Waals surface area (Å²) in [6.07, 6.45) is 6.23. The van der Waals surface area contributed by atoms with Crippen LogP contribution in [-0.4, -0.2) is 20.6 Å². The van der Waals surface area contributed by atoms with Crippen LogP contribution in [-0.2, 0) is 0 Å². The maximum Gasteiger partial charge on any atom is 0.337 e. The first kappa shape index (κ1) is 14.1. The zero-order chi connectivity index (χ0) is 15.0. The van der Waals surface area contributed by atoms with E-state index in [2.05, 4.69) is 16.5 Å². The normalized spacial score (nSPS) is 23.1. The highest BCUT2D eigenvalue weighted by Crippen LogP contribution is 2.36. The number of aromatic nitrogens is 2. The molecule has 2 atom stereocenters. The minimum Gasteiger partial charge on any atom is -0.478 e. The SMILES string of the molecule is Cc1nc2c(C(=O)O)cccc2n1C1CCCCCC1C. The fourth-order valence-electron chi connectivity index (χ4n) is 3.68. The molecule has 21 heavy (non-hydrogen) atoms. The summed E-state index contributed by atoms with van der Waals surface area (Å²) in [6.45, 7) is 4.30. The number of para-hydroxylation sites is 1. The van der Waals surface area contributed by atoms with Gasteiger partial charge in [0.1, 0.15) is 11.3 Å². The van der Waals surface area contributed by atoms with Gasteiger partial charge < -0.3 is 9.67 Å². The molecule has 1 fully saturated rings. The molecule has 3 rings (SSSR count). The van der Waals surface area contributed by atoms with Gasteiger partial charge in [-0.3, -0.25) is 0 Å². The highest BCUT2D eigenvalue weighted by Gasteiger charge is 2.25. The van der Waals surface area contributed by atoms with Crippen molar-refractivity contribution in [2.75, 3.05) is 0 Å². The largest absolute Gasteiger partial charge is 0.478 e. The van der Waals surface area contributed by atoms with Crippen LogP contribution in [0.1, 0.15) is 61.3 Å². The Hall–Kier alpha value is -1.84. The number of benzene rings is 1. The molecular weight excluding hydrogens is 264 g/mol. The molecule has 1 saturated carbocycles. The Bertz CT molecular complexity index is 675. The topological polar surface area (TPSA) is 55.1 Å². The second-order valence-corrected chi connectivity index (χ2v) is 6.19. The van der Waals surface area contributed by atoms with Crippen molar-refractivity contribution < 1.29 is 9.90 Å². The van der Waals surface area contributed by atoms with Crippen LogP contribution in [0.15, 0.2) is 18.2 Å². The lowest BCUT2D eigenvalue weighted by Gasteiger charge is -2.25. The van der Waals surface area contributed by atoms with Gasteiger partial charge in [-0.15, -0.1) is 0 Å². The highest BCUT2D eigenvalue weighted by molar-refractivity contribution is 6.01. The van der Waals surface area contributed by atoms with Gasteiger partial charge in [0.15, 0.2) is 0 Å². The number of imidazole rings is 1. The van der Waals surface area contributed by atoms with Gasteiger partial charge in [0, 0.05) is 6.04 Å². The van der Waals surface area contributed by atoms with Crippen LogP contribution in [0, 0.1) is 12.8 Å². The van der Waals surface area contributed by atoms with Crippen LogP contribution in [0.2, 0.25) is 0 Å². The molecule has 1 aliphatic carbocycles. The van der Waals surface area contributed by atoms with E-state index in [1.807, 2.05) is 19.1 Å². The number of fused-ring (bicyclic) bond motifs is 1. The highest BCUT2D eigenvalue weighted by atomic mass is 16.4. The van der Waals surface area contributed by atoms with Gasteiger partial charge in [-0.2, -0.15) is 0 Å². The first-order valence-corrected chi connectivity index (χ1v) is 7.80. The van der Waals surface area contributed by atoms with Crippen molar-refractivity contribution in [2.24, 2.45) is 5.92 Å². The predicted molar refractivity (Wildman–Crippen MR) is 82.7 cm³/mol. The van der Waals surface area contributed by atoms with E-state index in [0.717, 1.165) is 17.8 Å². The van der Waals surface area contributed by atoms with Crippen molar-refractivity contribution in [3.63, 3.8) is 0 Å². The first-order chi connectivity index (χ1) is 10.1. The Morgan fingerprint density at radius 3 is 2.81 bits per heavy atom. The fraction of sp³-hybridized carbons (Fsp3) is 0.529. The van der Waals surface area contributed by atoms with Gasteiger partial charge in [-0.05, 0) is 37.8 Å². The number of hydrogen-bond acceptors (Lipinski definition) is 2. The zero-order valence-corrected chi connectivity index (χ0v) is 12.7. The average Bonchev–Trinajstić information content (AvgIpc) is 2.63. The molecule has 1 aromatic heterocycles. The van der Waals surface area contributed by atoms with Crippen molar-refractivity contribution in [3.8, 4) is 0 Å². The lowest BCUT2D eigenvalue weighted by molar-refractivity contribution is 0.0699. The summed E-state index contributed by atoms with van der Waals surface area (Å²) in [4.78, 5) is 15.9. The molecule has 2 aromatic rings. The zero-order valence-electron chi connectivity index (χ0n) is 12.7. The summed E-state index contributed by atoms with van der Waals surface area (Å²) < 4.78 is 2.28. The summed E-state index contributed by atoms with van der Waals surface area (Å²) in [5.74, 6) is 0.633. The minimum absolute atomic E-state index is 0.302. The molecule has 1 aliphatic rings. The third-order valence-electron chi connectivity index (χ3n) is 4.77. The molecule has 4 heteroatoms. The molecule has 0 aliphatic heterocycles. The molecule has 1 aromatic carbocycles. The number of carboxylic acid groups (broad SMARTS) is 1. The number of aryl methyl sites for hydroxylation is 1. The Morgan fingerprint density at radius 2 is 2.05 bits per heavy atom. The average molecular weight is 286 g/mol. The van der Waals surface area contributed by atoms with Crippen LogP contribution in [0.4, 0.5) is 0 Å². The van der Waals surface area contributed by atoms with E-state index in [1.165, 1.54) is 25.7 Å². The predicted octanol–water partition coefficient (Wildman–Crippen LogP) is 4.18. The summed E-state index contributed by atoms with van der Waals surface area (Å²) in [5.41, 5.74) is 1.89. The van der Waals surface area contributed by atoms with Gasteiger partial charge in [0.2, 0.25) is 0 Å². The number of nitrogens with zero attached hydrogens (tertiary/aromatic N) is 2. The van der Waals surface area contributed by atoms with E-state index in [9.17, 15) is 9.90 Å². The number of aromatic carboxylic acids is 1. The van der Waals surface area contributed by atoms with Gasteiger partial charge in [0.25, 0.3) is 0 Å². The van der Waals surface area contributed by atoms with Gasteiger partial charge in [0.05, 0.1) is 11.1 Å². The van der Waals surface area contributed by atoms with Crippen LogP contribution >= 0.6 is 0 Å².